The predicted octanol–water partition coefficient (Wildman–Crippen LogP) is 7.11. The predicted molar refractivity (Wildman–Crippen MR) is 118 cm³/mol. The molecule has 0 radical (unpaired) electrons. The zero-order chi connectivity index (χ0) is 20.3. The number of imidazole rings is 1. The molecule has 3 aromatic rings. The van der Waals surface area contributed by atoms with Crippen molar-refractivity contribution in [1.29, 1.82) is 0 Å². The minimum absolute atomic E-state index is 1.04. The summed E-state index contributed by atoms with van der Waals surface area (Å²) in [5, 5.41) is 0. The summed E-state index contributed by atoms with van der Waals surface area (Å²) in [5.41, 5.74) is 7.38. The van der Waals surface area contributed by atoms with Gasteiger partial charge in [0.25, 0.3) is 0 Å². The summed E-state index contributed by atoms with van der Waals surface area (Å²) in [7, 11) is 0. The SMILES string of the molecule is C=C[CH2-].Cc1cc(Br)cc(C)c1-n1ccn(-c2c(C)cc(Br)cc2C)[c]1=[Pd]. The molecule has 5 heteroatoms. The van der Waals surface area contributed by atoms with Gasteiger partial charge in [-0.15, -0.1) is 0 Å². The van der Waals surface area contributed by atoms with E-state index in [2.05, 4.69) is 138 Å². The maximum atomic E-state index is 3.58. The Balaban J connectivity index is 0.000000817. The van der Waals surface area contributed by atoms with Gasteiger partial charge >= 0.3 is 171 Å². The van der Waals surface area contributed by atoms with Gasteiger partial charge in [-0.3, -0.25) is 0 Å². The van der Waals surface area contributed by atoms with Gasteiger partial charge in [-0.2, -0.15) is 0 Å². The number of aryl methyl sites for hydroxylation is 4. The molecule has 0 saturated carbocycles. The monoisotopic (exact) mass is 579 g/mol. The molecule has 0 saturated heterocycles. The zero-order valence-electron chi connectivity index (χ0n) is 15.9. The van der Waals surface area contributed by atoms with Crippen molar-refractivity contribution in [1.82, 2.24) is 9.13 Å². The minimum atomic E-state index is 1.04. The number of allylic oxidation sites excluding steroid dienone is 1. The summed E-state index contributed by atoms with van der Waals surface area (Å²) < 4.78 is 7.68. The molecule has 2 aromatic carbocycles. The molecule has 0 amide bonds. The third-order valence-corrected chi connectivity index (χ3v) is 5.79. The van der Waals surface area contributed by atoms with E-state index in [1.54, 1.807) is 0 Å². The molecule has 0 N–H and O–H groups in total. The van der Waals surface area contributed by atoms with E-state index in [4.69, 9.17) is 0 Å². The van der Waals surface area contributed by atoms with Crippen molar-refractivity contribution in [2.24, 2.45) is 0 Å². The molecule has 1 heterocycles. The third kappa shape index (κ3) is 4.84. The molecule has 0 atom stereocenters. The van der Waals surface area contributed by atoms with Gasteiger partial charge in [0, 0.05) is 0 Å². The molecule has 0 aliphatic carbocycles. The van der Waals surface area contributed by atoms with Gasteiger partial charge in [-0.05, 0) is 0 Å². The quantitative estimate of drug-likeness (QED) is 0.226. The molecule has 0 aliphatic rings. The average molecular weight is 582 g/mol. The van der Waals surface area contributed by atoms with Crippen LogP contribution in [-0.2, 0) is 18.7 Å². The number of benzene rings is 2. The summed E-state index contributed by atoms with van der Waals surface area (Å²) in [4.78, 5) is 0. The molecule has 2 nitrogen and oxygen atoms in total. The van der Waals surface area contributed by atoms with Crippen LogP contribution >= 0.6 is 31.9 Å². The van der Waals surface area contributed by atoms with E-state index in [0.29, 0.717) is 0 Å². The molecular formula is C22H23Br2N2Pd-. The number of nitrogens with zero attached hydrogens (tertiary/aromatic N) is 2. The first-order valence-electron chi connectivity index (χ1n) is 8.41. The van der Waals surface area contributed by atoms with Crippen LogP contribution in [0.5, 0.6) is 0 Å². The van der Waals surface area contributed by atoms with Crippen LogP contribution in [0.3, 0.4) is 0 Å². The van der Waals surface area contributed by atoms with Gasteiger partial charge < -0.3 is 0 Å². The van der Waals surface area contributed by atoms with E-state index in [0.717, 1.165) is 12.8 Å². The van der Waals surface area contributed by atoms with Crippen LogP contribution in [0.25, 0.3) is 11.4 Å². The molecule has 0 aliphatic heterocycles. The summed E-state index contributed by atoms with van der Waals surface area (Å²) in [6, 6.07) is 8.61. The van der Waals surface area contributed by atoms with Crippen molar-refractivity contribution in [3.63, 3.8) is 0 Å². The second-order valence-electron chi connectivity index (χ2n) is 6.34. The van der Waals surface area contributed by atoms with Crippen LogP contribution in [0.2, 0.25) is 0 Å². The summed E-state index contributed by atoms with van der Waals surface area (Å²) in [6.07, 6.45) is 5.73. The fraction of sp³-hybridized carbons (Fsp3) is 0.182. The Morgan fingerprint density at radius 3 is 1.33 bits per heavy atom. The van der Waals surface area contributed by atoms with Crippen LogP contribution in [0.1, 0.15) is 22.3 Å². The van der Waals surface area contributed by atoms with Gasteiger partial charge in [0.15, 0.2) is 0 Å². The topological polar surface area (TPSA) is 9.86 Å². The third-order valence-electron chi connectivity index (χ3n) is 4.13. The standard InChI is InChI=1S/C19H18Br2N2.C3H5.Pd/c1-12-7-16(20)8-13(2)18(12)22-5-6-23(11-22)19-14(3)9-17(21)10-15(19)4;1-3-2;/h5-10H,1-4H3;3H,1-2H2;/q;-1;. The normalized spacial score (nSPS) is 10.4. The number of aromatic nitrogens is 2. The van der Waals surface area contributed by atoms with Crippen molar-refractivity contribution in [2.45, 2.75) is 27.7 Å². The molecule has 0 unspecified atom stereocenters. The molecule has 27 heavy (non-hydrogen) atoms. The second kappa shape index (κ2) is 9.39. The molecule has 0 fully saturated rings. The van der Waals surface area contributed by atoms with E-state index in [1.165, 1.54) is 39.7 Å². The first kappa shape index (κ1) is 22.2. The maximum absolute atomic E-state index is 3.58. The Labute approximate surface area is 189 Å². The van der Waals surface area contributed by atoms with Crippen LogP contribution < -0.4 is 0 Å². The van der Waals surface area contributed by atoms with E-state index >= 15 is 0 Å². The summed E-state index contributed by atoms with van der Waals surface area (Å²) in [6.45, 7) is 15.1. The summed E-state index contributed by atoms with van der Waals surface area (Å²) >= 11 is 10.6. The number of rotatable bonds is 2. The van der Waals surface area contributed by atoms with Crippen LogP contribution in [0.15, 0.2) is 58.3 Å². The van der Waals surface area contributed by atoms with Gasteiger partial charge in [0.1, 0.15) is 0 Å². The first-order chi connectivity index (χ1) is 12.7. The van der Waals surface area contributed by atoms with E-state index in [9.17, 15) is 0 Å². The molecule has 1 aromatic heterocycles. The Hall–Kier alpha value is -1.12. The summed E-state index contributed by atoms with van der Waals surface area (Å²) in [5.74, 6) is 0. The van der Waals surface area contributed by atoms with Crippen molar-refractivity contribution in [2.75, 3.05) is 0 Å². The average Bonchev–Trinajstić information content (AvgIpc) is 2.88. The van der Waals surface area contributed by atoms with Crippen molar-refractivity contribution in [3.8, 4) is 11.4 Å². The van der Waals surface area contributed by atoms with Gasteiger partial charge in [-0.1, -0.05) is 0 Å². The van der Waals surface area contributed by atoms with E-state index in [-0.39, 0.29) is 0 Å². The van der Waals surface area contributed by atoms with E-state index in [1.807, 2.05) is 0 Å². The fourth-order valence-corrected chi connectivity index (χ4v) is 5.20. The van der Waals surface area contributed by atoms with Gasteiger partial charge in [0.05, 0.1) is 0 Å². The van der Waals surface area contributed by atoms with Crippen LogP contribution in [0.4, 0.5) is 0 Å². The first-order valence-corrected chi connectivity index (χ1v) is 10.8. The van der Waals surface area contributed by atoms with E-state index < -0.39 is 0 Å². The van der Waals surface area contributed by atoms with Crippen molar-refractivity contribution in [3.05, 3.63) is 91.3 Å². The second-order valence-corrected chi connectivity index (χ2v) is 8.87. The van der Waals surface area contributed by atoms with Gasteiger partial charge in [0.2, 0.25) is 0 Å². The number of hydrogen-bond donors (Lipinski definition) is 0. The fourth-order valence-electron chi connectivity index (χ4n) is 3.25. The van der Waals surface area contributed by atoms with Crippen molar-refractivity contribution < 1.29 is 18.7 Å². The Kier molecular flexibility index (Phi) is 7.71. The number of hydrogen-bond acceptors (Lipinski definition) is 0. The molecule has 3 rings (SSSR count). The molecule has 0 bridgehead atoms. The molecule has 0 spiro atoms. The molecular weight excluding hydrogens is 558 g/mol. The molecule has 146 valence electrons. The van der Waals surface area contributed by atoms with Crippen LogP contribution in [-0.4, -0.2) is 9.13 Å². The zero-order valence-corrected chi connectivity index (χ0v) is 20.6. The Morgan fingerprint density at radius 1 is 0.815 bits per heavy atom. The Bertz CT molecular complexity index is 921. The van der Waals surface area contributed by atoms with Crippen molar-refractivity contribution >= 4 is 31.9 Å². The Morgan fingerprint density at radius 2 is 1.07 bits per heavy atom. The van der Waals surface area contributed by atoms with Crippen LogP contribution in [0, 0.1) is 38.5 Å². The number of halogens is 2. The van der Waals surface area contributed by atoms with Gasteiger partial charge in [-0.25, -0.2) is 19.6 Å².